The number of aromatic nitrogens is 1. The van der Waals surface area contributed by atoms with Crippen LogP contribution in [0.2, 0.25) is 5.02 Å². The SMILES string of the molecule is CC1(C(=O)NC2CCCC2)Cn2c(ccc2-c2ccco2)C(=O)N1Cc1cccc(Cl)c1. The highest BCUT2D eigenvalue weighted by Crippen LogP contribution is 2.35. The molecule has 2 aromatic heterocycles. The van der Waals surface area contributed by atoms with E-state index in [1.165, 1.54) is 0 Å². The minimum atomic E-state index is -1.06. The third-order valence-electron chi connectivity index (χ3n) is 6.69. The zero-order chi connectivity index (χ0) is 22.3. The number of rotatable bonds is 5. The van der Waals surface area contributed by atoms with Crippen LogP contribution in [-0.4, -0.2) is 32.9 Å². The van der Waals surface area contributed by atoms with Crippen LogP contribution in [0.1, 0.15) is 48.7 Å². The second-order valence-corrected chi connectivity index (χ2v) is 9.35. The molecular formula is C25H26ClN3O3. The summed E-state index contributed by atoms with van der Waals surface area (Å²) in [5.74, 6) is 0.369. The predicted octanol–water partition coefficient (Wildman–Crippen LogP) is 4.88. The van der Waals surface area contributed by atoms with E-state index < -0.39 is 5.54 Å². The van der Waals surface area contributed by atoms with Gasteiger partial charge in [-0.25, -0.2) is 0 Å². The Balaban J connectivity index is 1.55. The van der Waals surface area contributed by atoms with E-state index in [1.807, 2.05) is 47.9 Å². The van der Waals surface area contributed by atoms with Gasteiger partial charge in [0.05, 0.1) is 18.5 Å². The molecule has 7 heteroatoms. The molecule has 0 spiro atoms. The van der Waals surface area contributed by atoms with Crippen LogP contribution in [0.15, 0.2) is 59.2 Å². The summed E-state index contributed by atoms with van der Waals surface area (Å²) in [6.45, 7) is 2.50. The highest BCUT2D eigenvalue weighted by molar-refractivity contribution is 6.30. The Morgan fingerprint density at radius 2 is 1.94 bits per heavy atom. The van der Waals surface area contributed by atoms with Crippen molar-refractivity contribution in [2.75, 3.05) is 0 Å². The van der Waals surface area contributed by atoms with E-state index in [2.05, 4.69) is 5.32 Å². The van der Waals surface area contributed by atoms with Crippen LogP contribution in [-0.2, 0) is 17.9 Å². The van der Waals surface area contributed by atoms with Crippen molar-refractivity contribution in [3.63, 3.8) is 0 Å². The molecule has 2 aliphatic rings. The molecule has 3 aromatic rings. The van der Waals surface area contributed by atoms with Crippen molar-refractivity contribution in [3.8, 4) is 11.5 Å². The maximum absolute atomic E-state index is 13.7. The van der Waals surface area contributed by atoms with E-state index in [-0.39, 0.29) is 17.9 Å². The maximum Gasteiger partial charge on any atom is 0.271 e. The molecule has 32 heavy (non-hydrogen) atoms. The molecule has 0 saturated heterocycles. The van der Waals surface area contributed by atoms with E-state index in [4.69, 9.17) is 16.0 Å². The molecule has 5 rings (SSSR count). The van der Waals surface area contributed by atoms with Crippen molar-refractivity contribution in [3.05, 3.63) is 71.1 Å². The largest absolute Gasteiger partial charge is 0.463 e. The fourth-order valence-electron chi connectivity index (χ4n) is 4.89. The molecule has 1 unspecified atom stereocenters. The lowest BCUT2D eigenvalue weighted by Crippen LogP contribution is -2.64. The van der Waals surface area contributed by atoms with Gasteiger partial charge >= 0.3 is 0 Å². The summed E-state index contributed by atoms with van der Waals surface area (Å²) >= 11 is 6.19. The highest BCUT2D eigenvalue weighted by Gasteiger charge is 2.48. The molecule has 166 valence electrons. The first kappa shape index (κ1) is 20.9. The van der Waals surface area contributed by atoms with Gasteiger partial charge in [0.15, 0.2) is 0 Å². The highest BCUT2D eigenvalue weighted by atomic mass is 35.5. The smallest absolute Gasteiger partial charge is 0.271 e. The molecule has 1 aromatic carbocycles. The number of benzene rings is 1. The van der Waals surface area contributed by atoms with Crippen molar-refractivity contribution >= 4 is 23.4 Å². The summed E-state index contributed by atoms with van der Waals surface area (Å²) in [7, 11) is 0. The minimum Gasteiger partial charge on any atom is -0.463 e. The van der Waals surface area contributed by atoms with Gasteiger partial charge in [-0.15, -0.1) is 0 Å². The third kappa shape index (κ3) is 3.62. The first-order valence-electron chi connectivity index (χ1n) is 11.1. The molecule has 1 fully saturated rings. The van der Waals surface area contributed by atoms with Gasteiger partial charge in [0.25, 0.3) is 5.91 Å². The van der Waals surface area contributed by atoms with E-state index in [1.54, 1.807) is 23.3 Å². The van der Waals surface area contributed by atoms with E-state index in [9.17, 15) is 9.59 Å². The second-order valence-electron chi connectivity index (χ2n) is 8.92. The van der Waals surface area contributed by atoms with Gasteiger partial charge in [-0.3, -0.25) is 9.59 Å². The van der Waals surface area contributed by atoms with Crippen LogP contribution in [0.25, 0.3) is 11.5 Å². The standard InChI is InChI=1S/C25H26ClN3O3/c1-25(24(31)27-19-8-2-3-9-19)16-28-20(22-10-5-13-32-22)11-12-21(28)23(30)29(25)15-17-6-4-7-18(26)14-17/h4-7,10-14,19H,2-3,8-9,15-16H2,1H3,(H,27,31). The monoisotopic (exact) mass is 451 g/mol. The van der Waals surface area contributed by atoms with Crippen LogP contribution >= 0.6 is 11.6 Å². The van der Waals surface area contributed by atoms with Crippen LogP contribution in [0.4, 0.5) is 0 Å². The number of hydrogen-bond donors (Lipinski definition) is 1. The molecule has 1 N–H and O–H groups in total. The number of fused-ring (bicyclic) bond motifs is 1. The first-order chi connectivity index (χ1) is 15.5. The summed E-state index contributed by atoms with van der Waals surface area (Å²) in [6.07, 6.45) is 5.82. The molecule has 3 heterocycles. The average Bonchev–Trinajstić information content (AvgIpc) is 3.52. The summed E-state index contributed by atoms with van der Waals surface area (Å²) < 4.78 is 7.50. The van der Waals surface area contributed by atoms with Gasteiger partial charge in [0.2, 0.25) is 5.91 Å². The Morgan fingerprint density at radius 3 is 2.66 bits per heavy atom. The van der Waals surface area contributed by atoms with Crippen LogP contribution in [0, 0.1) is 0 Å². The van der Waals surface area contributed by atoms with Crippen LogP contribution in [0.5, 0.6) is 0 Å². The lowest BCUT2D eigenvalue weighted by molar-refractivity contribution is -0.133. The number of nitrogens with one attached hydrogen (secondary N) is 1. The van der Waals surface area contributed by atoms with Gasteiger partial charge in [-0.1, -0.05) is 36.6 Å². The Kier molecular flexibility index (Phi) is 5.33. The van der Waals surface area contributed by atoms with Gasteiger partial charge in [-0.05, 0) is 61.7 Å². The molecule has 1 aliphatic heterocycles. The van der Waals surface area contributed by atoms with Crippen LogP contribution in [0.3, 0.4) is 0 Å². The number of hydrogen-bond acceptors (Lipinski definition) is 3. The summed E-state index contributed by atoms with van der Waals surface area (Å²) in [6, 6.07) is 15.0. The molecular weight excluding hydrogens is 426 g/mol. The summed E-state index contributed by atoms with van der Waals surface area (Å²) in [4.78, 5) is 29.0. The predicted molar refractivity (Wildman–Crippen MR) is 122 cm³/mol. The Bertz CT molecular complexity index is 1150. The number of carbonyl (C=O) groups is 2. The second kappa shape index (κ2) is 8.17. The van der Waals surface area contributed by atoms with E-state index in [0.29, 0.717) is 29.6 Å². The topological polar surface area (TPSA) is 67.5 Å². The Morgan fingerprint density at radius 1 is 1.16 bits per heavy atom. The van der Waals surface area contributed by atoms with Crippen molar-refractivity contribution in [2.45, 2.75) is 57.3 Å². The van der Waals surface area contributed by atoms with E-state index in [0.717, 1.165) is 36.9 Å². The summed E-state index contributed by atoms with van der Waals surface area (Å²) in [5, 5.41) is 3.82. The Labute approximate surface area is 192 Å². The first-order valence-corrected chi connectivity index (χ1v) is 11.4. The number of furan rings is 1. The fraction of sp³-hybridized carbons (Fsp3) is 0.360. The van der Waals surface area contributed by atoms with Crippen molar-refractivity contribution < 1.29 is 14.0 Å². The molecule has 1 atom stereocenters. The fourth-order valence-corrected chi connectivity index (χ4v) is 5.10. The van der Waals surface area contributed by atoms with E-state index >= 15 is 0 Å². The number of amides is 2. The van der Waals surface area contributed by atoms with Crippen molar-refractivity contribution in [1.29, 1.82) is 0 Å². The molecule has 0 radical (unpaired) electrons. The number of nitrogens with zero attached hydrogens (tertiary/aromatic N) is 2. The Hall–Kier alpha value is -2.99. The summed E-state index contributed by atoms with van der Waals surface area (Å²) in [5.41, 5.74) is 1.16. The minimum absolute atomic E-state index is 0.121. The lowest BCUT2D eigenvalue weighted by atomic mass is 9.93. The van der Waals surface area contributed by atoms with Gasteiger partial charge in [0, 0.05) is 17.6 Å². The molecule has 6 nitrogen and oxygen atoms in total. The molecule has 1 aliphatic carbocycles. The van der Waals surface area contributed by atoms with Crippen LogP contribution < -0.4 is 5.32 Å². The van der Waals surface area contributed by atoms with Gasteiger partial charge in [-0.2, -0.15) is 0 Å². The quantitative estimate of drug-likeness (QED) is 0.601. The third-order valence-corrected chi connectivity index (χ3v) is 6.92. The average molecular weight is 452 g/mol. The zero-order valence-corrected chi connectivity index (χ0v) is 18.8. The van der Waals surface area contributed by atoms with Gasteiger partial charge in [0.1, 0.15) is 17.0 Å². The van der Waals surface area contributed by atoms with Crippen molar-refractivity contribution in [1.82, 2.24) is 14.8 Å². The molecule has 1 saturated carbocycles. The lowest BCUT2D eigenvalue weighted by Gasteiger charge is -2.44. The normalized spacial score (nSPS) is 21.1. The number of halogens is 1. The van der Waals surface area contributed by atoms with Crippen molar-refractivity contribution in [2.24, 2.45) is 0 Å². The maximum atomic E-state index is 13.7. The zero-order valence-electron chi connectivity index (χ0n) is 18.0. The number of carbonyl (C=O) groups excluding carboxylic acids is 2. The molecule has 0 bridgehead atoms. The van der Waals surface area contributed by atoms with Gasteiger partial charge < -0.3 is 19.2 Å². The molecule has 2 amide bonds.